The van der Waals surface area contributed by atoms with E-state index in [2.05, 4.69) is 10.5 Å². The maximum absolute atomic E-state index is 12.5. The number of carbonyl (C=O) groups excluding carboxylic acids is 2. The first-order valence-corrected chi connectivity index (χ1v) is 8.63. The van der Waals surface area contributed by atoms with Crippen LogP contribution in [0.1, 0.15) is 30.4 Å². The molecule has 2 amide bonds. The Morgan fingerprint density at radius 3 is 2.73 bits per heavy atom. The minimum atomic E-state index is -0.338. The lowest BCUT2D eigenvalue weighted by atomic mass is 10.0. The van der Waals surface area contributed by atoms with E-state index < -0.39 is 0 Å². The van der Waals surface area contributed by atoms with E-state index in [1.54, 1.807) is 23.1 Å². The molecule has 6 nitrogen and oxygen atoms in total. The number of rotatable bonds is 5. The number of para-hydroxylation sites is 2. The molecule has 0 radical (unpaired) electrons. The van der Waals surface area contributed by atoms with Crippen LogP contribution in [-0.2, 0) is 16.0 Å². The quantitative estimate of drug-likeness (QED) is 0.642. The van der Waals surface area contributed by atoms with E-state index in [4.69, 9.17) is 0 Å². The zero-order chi connectivity index (χ0) is 18.4. The maximum atomic E-state index is 12.5. The number of phenols is 1. The van der Waals surface area contributed by atoms with Crippen molar-refractivity contribution in [1.29, 1.82) is 0 Å². The zero-order valence-electron chi connectivity index (χ0n) is 14.4. The first-order valence-electron chi connectivity index (χ1n) is 8.63. The van der Waals surface area contributed by atoms with Crippen LogP contribution in [0.25, 0.3) is 0 Å². The van der Waals surface area contributed by atoms with Crippen LogP contribution in [0.5, 0.6) is 5.75 Å². The molecule has 0 fully saturated rings. The van der Waals surface area contributed by atoms with Crippen LogP contribution in [-0.4, -0.2) is 29.7 Å². The molecule has 3 rings (SSSR count). The molecule has 0 unspecified atom stereocenters. The highest BCUT2D eigenvalue weighted by Gasteiger charge is 2.22. The lowest BCUT2D eigenvalue weighted by molar-refractivity contribution is -0.125. The van der Waals surface area contributed by atoms with Crippen molar-refractivity contribution in [2.45, 2.75) is 25.7 Å². The summed E-state index contributed by atoms with van der Waals surface area (Å²) in [7, 11) is 0. The summed E-state index contributed by atoms with van der Waals surface area (Å²) < 4.78 is 0. The number of fused-ring (bicyclic) bond motifs is 1. The molecule has 2 aromatic carbocycles. The van der Waals surface area contributed by atoms with Gasteiger partial charge in [-0.3, -0.25) is 9.59 Å². The summed E-state index contributed by atoms with van der Waals surface area (Å²) in [5, 5.41) is 13.4. The number of nitrogens with one attached hydrogen (secondary N) is 1. The molecule has 1 aliphatic rings. The molecule has 0 saturated carbocycles. The molecule has 0 atom stereocenters. The Morgan fingerprint density at radius 1 is 1.12 bits per heavy atom. The molecule has 1 heterocycles. The average molecular weight is 351 g/mol. The predicted molar refractivity (Wildman–Crippen MR) is 100 cm³/mol. The van der Waals surface area contributed by atoms with Gasteiger partial charge in [0.1, 0.15) is 5.75 Å². The summed E-state index contributed by atoms with van der Waals surface area (Å²) >= 11 is 0. The molecule has 0 aliphatic carbocycles. The summed E-state index contributed by atoms with van der Waals surface area (Å²) in [6.45, 7) is 0.683. The van der Waals surface area contributed by atoms with Crippen molar-refractivity contribution in [1.82, 2.24) is 5.43 Å². The van der Waals surface area contributed by atoms with Gasteiger partial charge in [-0.25, -0.2) is 5.43 Å². The molecule has 2 N–H and O–H groups in total. The first kappa shape index (κ1) is 17.7. The molecule has 0 aromatic heterocycles. The minimum absolute atomic E-state index is 0.0583. The van der Waals surface area contributed by atoms with E-state index in [0.717, 1.165) is 18.5 Å². The van der Waals surface area contributed by atoms with Gasteiger partial charge in [-0.2, -0.15) is 5.10 Å². The second-order valence-electron chi connectivity index (χ2n) is 6.13. The molecule has 134 valence electrons. The highest BCUT2D eigenvalue weighted by Crippen LogP contribution is 2.27. The largest absolute Gasteiger partial charge is 0.507 e. The number of aryl methyl sites for hydroxylation is 1. The Bertz CT molecular complexity index is 833. The van der Waals surface area contributed by atoms with E-state index in [1.165, 1.54) is 17.8 Å². The van der Waals surface area contributed by atoms with Crippen molar-refractivity contribution in [2.75, 3.05) is 11.4 Å². The SMILES string of the molecule is O=C(CCC(=O)N1CCCc2ccccc21)N/N=C/c1ccccc1O. The monoisotopic (exact) mass is 351 g/mol. The molecule has 6 heteroatoms. The van der Waals surface area contributed by atoms with Crippen LogP contribution in [0.3, 0.4) is 0 Å². The summed E-state index contributed by atoms with van der Waals surface area (Å²) in [6.07, 6.45) is 3.47. The van der Waals surface area contributed by atoms with Crippen LogP contribution in [0, 0.1) is 0 Å². The fourth-order valence-corrected chi connectivity index (χ4v) is 2.97. The highest BCUT2D eigenvalue weighted by atomic mass is 16.3. The maximum Gasteiger partial charge on any atom is 0.240 e. The van der Waals surface area contributed by atoms with Gasteiger partial charge < -0.3 is 10.0 Å². The smallest absolute Gasteiger partial charge is 0.240 e. The molecular weight excluding hydrogens is 330 g/mol. The molecule has 2 aromatic rings. The van der Waals surface area contributed by atoms with Gasteiger partial charge in [-0.05, 0) is 36.6 Å². The van der Waals surface area contributed by atoms with E-state index in [-0.39, 0.29) is 30.4 Å². The normalized spacial score (nSPS) is 13.5. The number of hydrogen-bond donors (Lipinski definition) is 2. The van der Waals surface area contributed by atoms with Gasteiger partial charge in [0.15, 0.2) is 0 Å². The second-order valence-corrected chi connectivity index (χ2v) is 6.13. The summed E-state index contributed by atoms with van der Waals surface area (Å²) in [4.78, 5) is 26.1. The highest BCUT2D eigenvalue weighted by molar-refractivity contribution is 5.96. The zero-order valence-corrected chi connectivity index (χ0v) is 14.4. The lowest BCUT2D eigenvalue weighted by Crippen LogP contribution is -2.36. The van der Waals surface area contributed by atoms with Crippen molar-refractivity contribution in [2.24, 2.45) is 5.10 Å². The molecule has 26 heavy (non-hydrogen) atoms. The fourth-order valence-electron chi connectivity index (χ4n) is 2.97. The third-order valence-electron chi connectivity index (χ3n) is 4.31. The van der Waals surface area contributed by atoms with Crippen LogP contribution < -0.4 is 10.3 Å². The number of amides is 2. The van der Waals surface area contributed by atoms with E-state index in [1.807, 2.05) is 24.3 Å². The van der Waals surface area contributed by atoms with Gasteiger partial charge >= 0.3 is 0 Å². The minimum Gasteiger partial charge on any atom is -0.507 e. The van der Waals surface area contributed by atoms with Crippen molar-refractivity contribution >= 4 is 23.7 Å². The molecule has 0 saturated heterocycles. The number of phenolic OH excluding ortho intramolecular Hbond substituents is 1. The first-order chi connectivity index (χ1) is 12.6. The Kier molecular flexibility index (Phi) is 5.63. The van der Waals surface area contributed by atoms with Gasteiger partial charge in [0, 0.05) is 30.6 Å². The molecular formula is C20H21N3O3. The van der Waals surface area contributed by atoms with Gasteiger partial charge in [-0.1, -0.05) is 30.3 Å². The lowest BCUT2D eigenvalue weighted by Gasteiger charge is -2.29. The Balaban J connectivity index is 1.51. The van der Waals surface area contributed by atoms with Crippen LogP contribution in [0.2, 0.25) is 0 Å². The van der Waals surface area contributed by atoms with Crippen LogP contribution in [0.15, 0.2) is 53.6 Å². The third-order valence-corrected chi connectivity index (χ3v) is 4.31. The summed E-state index contributed by atoms with van der Waals surface area (Å²) in [5.41, 5.74) is 5.01. The van der Waals surface area contributed by atoms with Gasteiger partial charge in [0.25, 0.3) is 0 Å². The van der Waals surface area contributed by atoms with Crippen molar-refractivity contribution < 1.29 is 14.7 Å². The van der Waals surface area contributed by atoms with Gasteiger partial charge in [-0.15, -0.1) is 0 Å². The Labute approximate surface area is 152 Å². The number of anilines is 1. The fraction of sp³-hybridized carbons (Fsp3) is 0.250. The molecule has 0 spiro atoms. The van der Waals surface area contributed by atoms with E-state index in [9.17, 15) is 14.7 Å². The molecule has 1 aliphatic heterocycles. The van der Waals surface area contributed by atoms with E-state index >= 15 is 0 Å². The topological polar surface area (TPSA) is 82.0 Å². The van der Waals surface area contributed by atoms with Crippen molar-refractivity contribution in [3.05, 3.63) is 59.7 Å². The number of carbonyl (C=O) groups is 2. The number of hydrazone groups is 1. The summed E-state index contributed by atoms with van der Waals surface area (Å²) in [6, 6.07) is 14.6. The van der Waals surface area contributed by atoms with Crippen LogP contribution in [0.4, 0.5) is 5.69 Å². The van der Waals surface area contributed by atoms with Crippen molar-refractivity contribution in [3.63, 3.8) is 0 Å². The standard InChI is InChI=1S/C20H21N3O3/c24-18-10-4-2-7-16(18)14-21-22-19(25)11-12-20(26)23-13-5-8-15-6-1-3-9-17(15)23/h1-4,6-7,9-10,14,24H,5,8,11-13H2,(H,22,25)/b21-14+. The number of nitrogens with zero attached hydrogens (tertiary/aromatic N) is 2. The Hall–Kier alpha value is -3.15. The Morgan fingerprint density at radius 2 is 1.88 bits per heavy atom. The number of benzene rings is 2. The molecule has 0 bridgehead atoms. The van der Waals surface area contributed by atoms with Crippen molar-refractivity contribution in [3.8, 4) is 5.75 Å². The predicted octanol–water partition coefficient (Wildman–Crippen LogP) is 2.60. The number of hydrogen-bond acceptors (Lipinski definition) is 4. The number of aromatic hydroxyl groups is 1. The third kappa shape index (κ3) is 4.27. The van der Waals surface area contributed by atoms with Crippen LogP contribution >= 0.6 is 0 Å². The summed E-state index contributed by atoms with van der Waals surface area (Å²) in [5.74, 6) is -0.309. The second kappa shape index (κ2) is 8.29. The van der Waals surface area contributed by atoms with E-state index in [0.29, 0.717) is 12.1 Å². The average Bonchev–Trinajstić information content (AvgIpc) is 2.67. The van der Waals surface area contributed by atoms with Gasteiger partial charge in [0.2, 0.25) is 11.8 Å². The van der Waals surface area contributed by atoms with Gasteiger partial charge in [0.05, 0.1) is 6.21 Å².